The standard InChI is InChI=1S/C12H7BrCl2N2O2/c13-8-6-7(4-5-9(8)14)16-11-3-1-2-10(15)12(11)17(18)19/h1-6,16H. The van der Waals surface area contributed by atoms with E-state index in [4.69, 9.17) is 23.2 Å². The van der Waals surface area contributed by atoms with Crippen LogP contribution in [-0.4, -0.2) is 4.92 Å². The number of halogens is 3. The van der Waals surface area contributed by atoms with Gasteiger partial charge in [0.1, 0.15) is 10.7 Å². The monoisotopic (exact) mass is 360 g/mol. The first-order chi connectivity index (χ1) is 8.99. The van der Waals surface area contributed by atoms with Crippen molar-refractivity contribution in [3.63, 3.8) is 0 Å². The van der Waals surface area contributed by atoms with Gasteiger partial charge in [0, 0.05) is 10.2 Å². The number of hydrogen-bond acceptors (Lipinski definition) is 3. The smallest absolute Gasteiger partial charge is 0.311 e. The van der Waals surface area contributed by atoms with Crippen molar-refractivity contribution in [3.05, 3.63) is 61.0 Å². The summed E-state index contributed by atoms with van der Waals surface area (Å²) in [6.07, 6.45) is 0. The highest BCUT2D eigenvalue weighted by Gasteiger charge is 2.18. The number of rotatable bonds is 3. The minimum atomic E-state index is -0.518. The van der Waals surface area contributed by atoms with Crippen molar-refractivity contribution in [2.75, 3.05) is 5.32 Å². The molecule has 2 aromatic rings. The fourth-order valence-electron chi connectivity index (χ4n) is 1.53. The van der Waals surface area contributed by atoms with Crippen molar-refractivity contribution in [2.45, 2.75) is 0 Å². The average Bonchev–Trinajstić information content (AvgIpc) is 2.33. The van der Waals surface area contributed by atoms with Crippen LogP contribution in [0, 0.1) is 10.1 Å². The Morgan fingerprint density at radius 2 is 1.89 bits per heavy atom. The van der Waals surface area contributed by atoms with Crippen LogP contribution in [0.4, 0.5) is 17.1 Å². The van der Waals surface area contributed by atoms with Crippen molar-refractivity contribution in [3.8, 4) is 0 Å². The second-order valence-electron chi connectivity index (χ2n) is 3.65. The minimum absolute atomic E-state index is 0.0861. The number of anilines is 2. The topological polar surface area (TPSA) is 55.2 Å². The van der Waals surface area contributed by atoms with Gasteiger partial charge in [-0.25, -0.2) is 0 Å². The summed E-state index contributed by atoms with van der Waals surface area (Å²) >= 11 is 15.0. The largest absolute Gasteiger partial charge is 0.350 e. The van der Waals surface area contributed by atoms with Crippen LogP contribution in [0.1, 0.15) is 0 Å². The molecule has 0 amide bonds. The molecule has 0 radical (unpaired) electrons. The van der Waals surface area contributed by atoms with Gasteiger partial charge < -0.3 is 5.32 Å². The maximum Gasteiger partial charge on any atom is 0.311 e. The molecule has 0 spiro atoms. The fourth-order valence-corrected chi connectivity index (χ4v) is 2.27. The van der Waals surface area contributed by atoms with Crippen LogP contribution >= 0.6 is 39.1 Å². The molecule has 0 fully saturated rings. The molecule has 19 heavy (non-hydrogen) atoms. The Balaban J connectivity index is 2.40. The third-order valence-corrected chi connectivity index (χ3v) is 3.89. The van der Waals surface area contributed by atoms with Crippen LogP contribution in [-0.2, 0) is 0 Å². The molecular weight excluding hydrogens is 355 g/mol. The predicted octanol–water partition coefficient (Wildman–Crippen LogP) is 5.41. The van der Waals surface area contributed by atoms with Gasteiger partial charge in [0.2, 0.25) is 0 Å². The molecule has 0 bridgehead atoms. The van der Waals surface area contributed by atoms with Gasteiger partial charge in [-0.05, 0) is 46.3 Å². The van der Waals surface area contributed by atoms with Gasteiger partial charge in [-0.2, -0.15) is 0 Å². The molecule has 4 nitrogen and oxygen atoms in total. The number of benzene rings is 2. The minimum Gasteiger partial charge on any atom is -0.350 e. The van der Waals surface area contributed by atoms with E-state index in [-0.39, 0.29) is 10.7 Å². The Hall–Kier alpha value is -1.30. The highest BCUT2D eigenvalue weighted by atomic mass is 79.9. The molecule has 0 unspecified atom stereocenters. The second-order valence-corrected chi connectivity index (χ2v) is 5.32. The molecule has 0 heterocycles. The van der Waals surface area contributed by atoms with Crippen LogP contribution in [0.3, 0.4) is 0 Å². The lowest BCUT2D eigenvalue weighted by atomic mass is 10.2. The summed E-state index contributed by atoms with van der Waals surface area (Å²) in [5, 5.41) is 14.6. The van der Waals surface area contributed by atoms with E-state index < -0.39 is 4.92 Å². The normalized spacial score (nSPS) is 10.3. The van der Waals surface area contributed by atoms with Crippen LogP contribution in [0.25, 0.3) is 0 Å². The van der Waals surface area contributed by atoms with Gasteiger partial charge in [-0.15, -0.1) is 0 Å². The first-order valence-electron chi connectivity index (χ1n) is 5.14. The van der Waals surface area contributed by atoms with E-state index in [1.165, 1.54) is 6.07 Å². The van der Waals surface area contributed by atoms with E-state index in [1.807, 2.05) is 0 Å². The van der Waals surface area contributed by atoms with E-state index in [2.05, 4.69) is 21.2 Å². The summed E-state index contributed by atoms with van der Waals surface area (Å²) in [4.78, 5) is 10.5. The van der Waals surface area contributed by atoms with E-state index in [0.29, 0.717) is 20.9 Å². The van der Waals surface area contributed by atoms with Crippen molar-refractivity contribution in [1.29, 1.82) is 0 Å². The Kier molecular flexibility index (Phi) is 4.29. The molecule has 98 valence electrons. The summed E-state index contributed by atoms with van der Waals surface area (Å²) in [6, 6.07) is 9.84. The average molecular weight is 362 g/mol. The number of nitro groups is 1. The molecule has 0 atom stereocenters. The third kappa shape index (κ3) is 3.18. The second kappa shape index (κ2) is 5.77. The first-order valence-corrected chi connectivity index (χ1v) is 6.69. The van der Waals surface area contributed by atoms with E-state index >= 15 is 0 Å². The Morgan fingerprint density at radius 3 is 2.53 bits per heavy atom. The molecule has 0 aliphatic heterocycles. The Morgan fingerprint density at radius 1 is 1.16 bits per heavy atom. The van der Waals surface area contributed by atoms with Gasteiger partial charge in [0.15, 0.2) is 0 Å². The van der Waals surface area contributed by atoms with Crippen molar-refractivity contribution in [2.24, 2.45) is 0 Å². The molecule has 7 heteroatoms. The van der Waals surface area contributed by atoms with Crippen molar-refractivity contribution >= 4 is 56.2 Å². The third-order valence-electron chi connectivity index (χ3n) is 2.37. The Labute approximate surface area is 127 Å². The maximum absolute atomic E-state index is 11.0. The molecule has 2 rings (SSSR count). The lowest BCUT2D eigenvalue weighted by Crippen LogP contribution is -1.97. The zero-order valence-electron chi connectivity index (χ0n) is 9.36. The quantitative estimate of drug-likeness (QED) is 0.587. The van der Waals surface area contributed by atoms with Crippen LogP contribution in [0.15, 0.2) is 40.9 Å². The first kappa shape index (κ1) is 14.1. The Bertz CT molecular complexity index is 650. The zero-order chi connectivity index (χ0) is 14.0. The highest BCUT2D eigenvalue weighted by Crippen LogP contribution is 2.35. The molecule has 0 aromatic heterocycles. The molecule has 0 aliphatic rings. The van der Waals surface area contributed by atoms with E-state index in [0.717, 1.165) is 0 Å². The SMILES string of the molecule is O=[N+]([O-])c1c(Cl)cccc1Nc1ccc(Cl)c(Br)c1. The van der Waals surface area contributed by atoms with Crippen molar-refractivity contribution in [1.82, 2.24) is 0 Å². The number of nitrogens with one attached hydrogen (secondary N) is 1. The van der Waals surface area contributed by atoms with Gasteiger partial charge in [-0.3, -0.25) is 10.1 Å². The number of nitro benzene ring substituents is 1. The summed E-state index contributed by atoms with van der Waals surface area (Å²) in [5.41, 5.74) is 0.837. The molecule has 0 saturated heterocycles. The molecule has 0 aliphatic carbocycles. The molecular formula is C12H7BrCl2N2O2. The van der Waals surface area contributed by atoms with Crippen molar-refractivity contribution < 1.29 is 4.92 Å². The molecule has 1 N–H and O–H groups in total. The fraction of sp³-hybridized carbons (Fsp3) is 0. The number of para-hydroxylation sites is 1. The van der Waals surface area contributed by atoms with Crippen LogP contribution < -0.4 is 5.32 Å². The van der Waals surface area contributed by atoms with Crippen LogP contribution in [0.2, 0.25) is 10.0 Å². The number of nitrogens with zero attached hydrogens (tertiary/aromatic N) is 1. The number of hydrogen-bond donors (Lipinski definition) is 1. The van der Waals surface area contributed by atoms with Gasteiger partial charge in [0.05, 0.1) is 9.95 Å². The predicted molar refractivity (Wildman–Crippen MR) is 80.5 cm³/mol. The van der Waals surface area contributed by atoms with Gasteiger partial charge in [-0.1, -0.05) is 29.3 Å². The lowest BCUT2D eigenvalue weighted by Gasteiger charge is -2.08. The molecule has 0 saturated carbocycles. The maximum atomic E-state index is 11.0. The summed E-state index contributed by atoms with van der Waals surface area (Å²) < 4.78 is 0.698. The zero-order valence-corrected chi connectivity index (χ0v) is 12.5. The van der Waals surface area contributed by atoms with E-state index in [1.54, 1.807) is 30.3 Å². The van der Waals surface area contributed by atoms with Gasteiger partial charge >= 0.3 is 5.69 Å². The highest BCUT2D eigenvalue weighted by molar-refractivity contribution is 9.10. The van der Waals surface area contributed by atoms with E-state index in [9.17, 15) is 10.1 Å². The lowest BCUT2D eigenvalue weighted by molar-refractivity contribution is -0.383. The summed E-state index contributed by atoms with van der Waals surface area (Å²) in [7, 11) is 0. The summed E-state index contributed by atoms with van der Waals surface area (Å²) in [5.74, 6) is 0. The van der Waals surface area contributed by atoms with Gasteiger partial charge in [0.25, 0.3) is 0 Å². The van der Waals surface area contributed by atoms with Crippen LogP contribution in [0.5, 0.6) is 0 Å². The molecule has 2 aromatic carbocycles. The summed E-state index contributed by atoms with van der Waals surface area (Å²) in [6.45, 7) is 0.